The highest BCUT2D eigenvalue weighted by Crippen LogP contribution is 2.32. The number of benzene rings is 1. The summed E-state index contributed by atoms with van der Waals surface area (Å²) >= 11 is 0. The summed E-state index contributed by atoms with van der Waals surface area (Å²) in [6.07, 6.45) is -8.77. The van der Waals surface area contributed by atoms with E-state index in [4.69, 9.17) is 5.26 Å². The van der Waals surface area contributed by atoms with E-state index < -0.39 is 35.5 Å². The quantitative estimate of drug-likeness (QED) is 0.814. The molecule has 0 aromatic heterocycles. The Labute approximate surface area is 111 Å². The average molecular weight is 289 g/mol. The topological polar surface area (TPSA) is 90.6 Å². The molecular weight excluding hydrogens is 279 g/mol. The number of esters is 1. The molecule has 1 aromatic rings. The number of carbonyl (C=O) groups excluding carboxylic acids is 1. The van der Waals surface area contributed by atoms with Crippen LogP contribution in [0, 0.1) is 11.3 Å². The Kier molecular flexibility index (Phi) is 4.70. The minimum atomic E-state index is -4.68. The van der Waals surface area contributed by atoms with Gasteiger partial charge in [0.05, 0.1) is 24.3 Å². The predicted molar refractivity (Wildman–Crippen MR) is 59.1 cm³/mol. The number of halogens is 3. The number of carbonyl (C=O) groups is 1. The maximum Gasteiger partial charge on any atom is 0.416 e. The molecular formula is C12H10F3NO4. The fourth-order valence-corrected chi connectivity index (χ4v) is 1.51. The van der Waals surface area contributed by atoms with Crippen molar-refractivity contribution in [3.8, 4) is 6.07 Å². The molecule has 108 valence electrons. The van der Waals surface area contributed by atoms with Crippen molar-refractivity contribution in [2.45, 2.75) is 18.4 Å². The van der Waals surface area contributed by atoms with Crippen molar-refractivity contribution >= 4 is 5.97 Å². The van der Waals surface area contributed by atoms with Gasteiger partial charge in [-0.05, 0) is 18.2 Å². The van der Waals surface area contributed by atoms with E-state index in [9.17, 15) is 28.2 Å². The van der Waals surface area contributed by atoms with Gasteiger partial charge in [0.2, 0.25) is 0 Å². The number of hydrogen-bond acceptors (Lipinski definition) is 5. The molecule has 20 heavy (non-hydrogen) atoms. The van der Waals surface area contributed by atoms with Crippen LogP contribution in [-0.2, 0) is 15.7 Å². The first-order chi connectivity index (χ1) is 9.22. The molecule has 5 nitrogen and oxygen atoms in total. The van der Waals surface area contributed by atoms with Crippen LogP contribution < -0.4 is 0 Å². The molecule has 1 rings (SSSR count). The molecule has 0 spiro atoms. The van der Waals surface area contributed by atoms with E-state index in [2.05, 4.69) is 4.74 Å². The molecule has 2 unspecified atom stereocenters. The van der Waals surface area contributed by atoms with Crippen molar-refractivity contribution in [3.63, 3.8) is 0 Å². The van der Waals surface area contributed by atoms with Gasteiger partial charge in [0.15, 0.2) is 6.10 Å². The number of ether oxygens (including phenoxy) is 1. The molecule has 0 saturated carbocycles. The van der Waals surface area contributed by atoms with Crippen LogP contribution in [0.3, 0.4) is 0 Å². The third-order valence-corrected chi connectivity index (χ3v) is 2.56. The zero-order valence-electron chi connectivity index (χ0n) is 10.2. The fraction of sp³-hybridized carbons (Fsp3) is 0.333. The summed E-state index contributed by atoms with van der Waals surface area (Å²) in [7, 11) is 0.940. The SMILES string of the molecule is COC(=O)C(O)C(O)c1cc(C(F)(F)F)ccc1C#N. The van der Waals surface area contributed by atoms with Gasteiger partial charge in [-0.3, -0.25) is 0 Å². The molecule has 0 heterocycles. The first-order valence-corrected chi connectivity index (χ1v) is 5.27. The van der Waals surface area contributed by atoms with E-state index in [1.807, 2.05) is 0 Å². The lowest BCUT2D eigenvalue weighted by Gasteiger charge is -2.18. The van der Waals surface area contributed by atoms with Gasteiger partial charge in [-0.1, -0.05) is 0 Å². The molecule has 0 fully saturated rings. The molecule has 2 N–H and O–H groups in total. The Morgan fingerprint density at radius 1 is 1.40 bits per heavy atom. The van der Waals surface area contributed by atoms with Crippen molar-refractivity contribution < 1.29 is 32.9 Å². The number of aliphatic hydroxyl groups is 2. The van der Waals surface area contributed by atoms with Gasteiger partial charge in [-0.25, -0.2) is 4.79 Å². The zero-order chi connectivity index (χ0) is 15.5. The van der Waals surface area contributed by atoms with Crippen LogP contribution in [0.1, 0.15) is 22.8 Å². The predicted octanol–water partition coefficient (Wildman–Crippen LogP) is 1.14. The van der Waals surface area contributed by atoms with Crippen molar-refractivity contribution in [1.82, 2.24) is 0 Å². The Morgan fingerprint density at radius 2 is 2.00 bits per heavy atom. The molecule has 0 aliphatic heterocycles. The lowest BCUT2D eigenvalue weighted by molar-refractivity contribution is -0.156. The van der Waals surface area contributed by atoms with E-state index in [0.717, 1.165) is 13.2 Å². The number of aliphatic hydroxyl groups excluding tert-OH is 2. The minimum Gasteiger partial charge on any atom is -0.467 e. The molecule has 0 bridgehead atoms. The van der Waals surface area contributed by atoms with Gasteiger partial charge >= 0.3 is 12.1 Å². The van der Waals surface area contributed by atoms with E-state index >= 15 is 0 Å². The van der Waals surface area contributed by atoms with Crippen LogP contribution in [0.15, 0.2) is 18.2 Å². The van der Waals surface area contributed by atoms with Crippen LogP contribution in [0.2, 0.25) is 0 Å². The first-order valence-electron chi connectivity index (χ1n) is 5.27. The smallest absolute Gasteiger partial charge is 0.416 e. The lowest BCUT2D eigenvalue weighted by Crippen LogP contribution is -2.29. The first kappa shape index (κ1) is 15.9. The molecule has 0 aliphatic rings. The molecule has 0 radical (unpaired) electrons. The lowest BCUT2D eigenvalue weighted by atomic mass is 9.96. The standard InChI is InChI=1S/C12H10F3NO4/c1-20-11(19)10(18)9(17)8-4-7(12(13,14)15)3-2-6(8)5-16/h2-4,9-10,17-18H,1H3. The Hall–Kier alpha value is -2.11. The fourth-order valence-electron chi connectivity index (χ4n) is 1.51. The van der Waals surface area contributed by atoms with Crippen LogP contribution in [0.4, 0.5) is 13.2 Å². The van der Waals surface area contributed by atoms with Crippen LogP contribution >= 0.6 is 0 Å². The maximum absolute atomic E-state index is 12.6. The normalized spacial score (nSPS) is 14.2. The number of methoxy groups -OCH3 is 1. The third kappa shape index (κ3) is 3.26. The van der Waals surface area contributed by atoms with Crippen molar-refractivity contribution in [2.24, 2.45) is 0 Å². The van der Waals surface area contributed by atoms with Crippen molar-refractivity contribution in [3.05, 3.63) is 34.9 Å². The number of alkyl halides is 3. The molecule has 0 amide bonds. The Morgan fingerprint density at radius 3 is 2.45 bits per heavy atom. The maximum atomic E-state index is 12.6. The Bertz CT molecular complexity index is 551. The summed E-state index contributed by atoms with van der Waals surface area (Å²) in [4.78, 5) is 11.1. The molecule has 0 saturated heterocycles. The van der Waals surface area contributed by atoms with Gasteiger partial charge in [0.25, 0.3) is 0 Å². The molecule has 0 aliphatic carbocycles. The van der Waals surface area contributed by atoms with Gasteiger partial charge in [-0.15, -0.1) is 0 Å². The van der Waals surface area contributed by atoms with Crippen LogP contribution in [-0.4, -0.2) is 29.4 Å². The van der Waals surface area contributed by atoms with E-state index in [1.165, 1.54) is 0 Å². The number of hydrogen-bond donors (Lipinski definition) is 2. The number of nitrogens with zero attached hydrogens (tertiary/aromatic N) is 1. The van der Waals surface area contributed by atoms with E-state index in [0.29, 0.717) is 12.1 Å². The van der Waals surface area contributed by atoms with E-state index in [1.54, 1.807) is 6.07 Å². The second-order valence-corrected chi connectivity index (χ2v) is 3.82. The minimum absolute atomic E-state index is 0.284. The average Bonchev–Trinajstić information content (AvgIpc) is 2.43. The number of rotatable bonds is 3. The highest BCUT2D eigenvalue weighted by Gasteiger charge is 2.34. The molecule has 2 atom stereocenters. The summed E-state index contributed by atoms with van der Waals surface area (Å²) in [5, 5.41) is 28.0. The monoisotopic (exact) mass is 289 g/mol. The van der Waals surface area contributed by atoms with Crippen molar-refractivity contribution in [2.75, 3.05) is 7.11 Å². The highest BCUT2D eigenvalue weighted by molar-refractivity contribution is 5.75. The highest BCUT2D eigenvalue weighted by atomic mass is 19.4. The second kappa shape index (κ2) is 5.90. The van der Waals surface area contributed by atoms with Crippen LogP contribution in [0.5, 0.6) is 0 Å². The third-order valence-electron chi connectivity index (χ3n) is 2.56. The largest absolute Gasteiger partial charge is 0.467 e. The summed E-state index contributed by atoms with van der Waals surface area (Å²) < 4.78 is 41.9. The van der Waals surface area contributed by atoms with Crippen molar-refractivity contribution in [1.29, 1.82) is 5.26 Å². The van der Waals surface area contributed by atoms with Gasteiger partial charge in [0.1, 0.15) is 6.10 Å². The zero-order valence-corrected chi connectivity index (χ0v) is 10.2. The second-order valence-electron chi connectivity index (χ2n) is 3.82. The van der Waals surface area contributed by atoms with Crippen LogP contribution in [0.25, 0.3) is 0 Å². The summed E-state index contributed by atoms with van der Waals surface area (Å²) in [5.41, 5.74) is -1.89. The summed E-state index contributed by atoms with van der Waals surface area (Å²) in [6, 6.07) is 3.60. The number of nitriles is 1. The van der Waals surface area contributed by atoms with E-state index in [-0.39, 0.29) is 5.56 Å². The molecule has 8 heteroatoms. The van der Waals surface area contributed by atoms with Gasteiger partial charge in [-0.2, -0.15) is 18.4 Å². The molecule has 1 aromatic carbocycles. The van der Waals surface area contributed by atoms with Gasteiger partial charge in [0, 0.05) is 5.56 Å². The summed E-state index contributed by atoms with van der Waals surface area (Å²) in [6.45, 7) is 0. The summed E-state index contributed by atoms with van der Waals surface area (Å²) in [5.74, 6) is -1.22. The van der Waals surface area contributed by atoms with Gasteiger partial charge < -0.3 is 14.9 Å². The Balaban J connectivity index is 3.28.